The van der Waals surface area contributed by atoms with Gasteiger partial charge in [0.25, 0.3) is 0 Å². The monoisotopic (exact) mass is 450 g/mol. The van der Waals surface area contributed by atoms with Crippen molar-refractivity contribution in [1.82, 2.24) is 9.55 Å². The van der Waals surface area contributed by atoms with Crippen molar-refractivity contribution in [3.8, 4) is 16.8 Å². The fraction of sp³-hybridized carbons (Fsp3) is 0.0938. The van der Waals surface area contributed by atoms with Gasteiger partial charge >= 0.3 is 0 Å². The third kappa shape index (κ3) is 2.23. The highest BCUT2D eigenvalue weighted by Gasteiger charge is 2.39. The van der Waals surface area contributed by atoms with Gasteiger partial charge in [-0.05, 0) is 45.8 Å². The Labute approximate surface area is 202 Å². The van der Waals surface area contributed by atoms with Gasteiger partial charge in [-0.1, -0.05) is 86.6 Å². The van der Waals surface area contributed by atoms with Crippen LogP contribution < -0.4 is 0 Å². The molecule has 0 spiro atoms. The lowest BCUT2D eigenvalue weighted by Crippen LogP contribution is -2.15. The smallest absolute Gasteiger partial charge is 0.182 e. The first-order chi connectivity index (χ1) is 17.2. The summed E-state index contributed by atoms with van der Waals surface area (Å²) in [5, 5.41) is 5.14. The van der Waals surface area contributed by atoms with Gasteiger partial charge in [0.1, 0.15) is 5.52 Å². The second kappa shape index (κ2) is 6.39. The summed E-state index contributed by atoms with van der Waals surface area (Å²) in [6.45, 7) is 4.73. The molecular formula is C32H22N2O. The van der Waals surface area contributed by atoms with E-state index in [-0.39, 0.29) is 5.41 Å². The summed E-state index contributed by atoms with van der Waals surface area (Å²) >= 11 is 0. The van der Waals surface area contributed by atoms with Crippen molar-refractivity contribution in [2.24, 2.45) is 0 Å². The molecule has 5 aromatic carbocycles. The predicted octanol–water partition coefficient (Wildman–Crippen LogP) is 8.38. The topological polar surface area (TPSA) is 31.0 Å². The van der Waals surface area contributed by atoms with Gasteiger partial charge in [-0.15, -0.1) is 0 Å². The molecule has 166 valence electrons. The summed E-state index contributed by atoms with van der Waals surface area (Å²) in [6.07, 6.45) is 1.54. The number of nitrogens with zero attached hydrogens (tertiary/aromatic N) is 2. The average Bonchev–Trinajstić information content (AvgIpc) is 3.56. The Morgan fingerprint density at radius 3 is 2.37 bits per heavy atom. The molecule has 1 aliphatic rings. The number of para-hydroxylation sites is 2. The minimum Gasteiger partial charge on any atom is -0.441 e. The summed E-state index contributed by atoms with van der Waals surface area (Å²) in [5.41, 5.74) is 10.5. The first-order valence-corrected chi connectivity index (χ1v) is 12.1. The van der Waals surface area contributed by atoms with Crippen molar-refractivity contribution in [3.05, 3.63) is 109 Å². The number of oxazole rings is 1. The summed E-state index contributed by atoms with van der Waals surface area (Å²) in [4.78, 5) is 4.44. The molecule has 2 aromatic heterocycles. The third-order valence-electron chi connectivity index (χ3n) is 7.90. The largest absolute Gasteiger partial charge is 0.441 e. The number of hydrogen-bond acceptors (Lipinski definition) is 2. The molecule has 3 nitrogen and oxygen atoms in total. The van der Waals surface area contributed by atoms with Crippen LogP contribution in [0.2, 0.25) is 0 Å². The van der Waals surface area contributed by atoms with Crippen LogP contribution in [0.3, 0.4) is 0 Å². The van der Waals surface area contributed by atoms with E-state index in [1.165, 1.54) is 61.2 Å². The van der Waals surface area contributed by atoms with Crippen LogP contribution in [-0.2, 0) is 5.41 Å². The van der Waals surface area contributed by atoms with E-state index in [4.69, 9.17) is 4.42 Å². The minimum absolute atomic E-state index is 0.0894. The molecule has 0 amide bonds. The Kier molecular flexibility index (Phi) is 3.47. The van der Waals surface area contributed by atoms with Crippen LogP contribution in [-0.4, -0.2) is 9.55 Å². The lowest BCUT2D eigenvalue weighted by atomic mass is 9.79. The highest BCUT2D eigenvalue weighted by atomic mass is 16.3. The van der Waals surface area contributed by atoms with Gasteiger partial charge in [0.15, 0.2) is 12.0 Å². The summed E-state index contributed by atoms with van der Waals surface area (Å²) < 4.78 is 8.32. The molecule has 35 heavy (non-hydrogen) atoms. The Morgan fingerprint density at radius 2 is 1.49 bits per heavy atom. The zero-order valence-corrected chi connectivity index (χ0v) is 19.5. The molecule has 2 heterocycles. The van der Waals surface area contributed by atoms with Gasteiger partial charge in [0.05, 0.1) is 16.7 Å². The molecule has 0 N–H and O–H groups in total. The van der Waals surface area contributed by atoms with Gasteiger partial charge in [-0.2, -0.15) is 0 Å². The fourth-order valence-electron chi connectivity index (χ4n) is 6.51. The second-order valence-electron chi connectivity index (χ2n) is 10.0. The first-order valence-electron chi connectivity index (χ1n) is 12.1. The van der Waals surface area contributed by atoms with Gasteiger partial charge in [0, 0.05) is 21.6 Å². The molecule has 0 saturated carbocycles. The van der Waals surface area contributed by atoms with Crippen molar-refractivity contribution in [2.45, 2.75) is 19.3 Å². The normalized spacial score (nSPS) is 14.2. The molecule has 0 unspecified atom stereocenters. The fourth-order valence-corrected chi connectivity index (χ4v) is 6.51. The van der Waals surface area contributed by atoms with E-state index < -0.39 is 0 Å². The highest BCUT2D eigenvalue weighted by molar-refractivity contribution is 6.27. The molecule has 0 fully saturated rings. The van der Waals surface area contributed by atoms with Crippen LogP contribution in [0.1, 0.15) is 25.0 Å². The zero-order chi connectivity index (χ0) is 23.3. The van der Waals surface area contributed by atoms with E-state index in [0.717, 1.165) is 16.8 Å². The van der Waals surface area contributed by atoms with Crippen molar-refractivity contribution >= 4 is 43.7 Å². The van der Waals surface area contributed by atoms with Crippen molar-refractivity contribution in [1.29, 1.82) is 0 Å². The molecular weight excluding hydrogens is 428 g/mol. The lowest BCUT2D eigenvalue weighted by Gasteiger charge is -2.24. The molecule has 0 radical (unpaired) electrons. The van der Waals surface area contributed by atoms with E-state index in [9.17, 15) is 0 Å². The van der Waals surface area contributed by atoms with E-state index in [0.29, 0.717) is 0 Å². The van der Waals surface area contributed by atoms with Crippen molar-refractivity contribution < 1.29 is 4.42 Å². The molecule has 1 aliphatic carbocycles. The maximum atomic E-state index is 5.93. The molecule has 0 aliphatic heterocycles. The summed E-state index contributed by atoms with van der Waals surface area (Å²) in [5.74, 6) is 0. The van der Waals surface area contributed by atoms with Crippen LogP contribution in [0.5, 0.6) is 0 Å². The van der Waals surface area contributed by atoms with E-state index in [1.54, 1.807) is 0 Å². The number of hydrogen-bond donors (Lipinski definition) is 0. The van der Waals surface area contributed by atoms with Crippen LogP contribution in [0, 0.1) is 0 Å². The number of benzene rings is 5. The lowest BCUT2D eigenvalue weighted by molar-refractivity contribution is 0.600. The highest BCUT2D eigenvalue weighted by Crippen LogP contribution is 2.56. The van der Waals surface area contributed by atoms with Crippen LogP contribution in [0.4, 0.5) is 0 Å². The minimum atomic E-state index is -0.0894. The van der Waals surface area contributed by atoms with Crippen LogP contribution >= 0.6 is 0 Å². The van der Waals surface area contributed by atoms with E-state index in [1.807, 2.05) is 6.07 Å². The SMILES string of the molecule is CC1(C)c2ccccc2-c2c1c1ccccc1c1c2c2ccccc2n1-c1cccc2ncoc12. The second-order valence-corrected chi connectivity index (χ2v) is 10.0. The van der Waals surface area contributed by atoms with E-state index in [2.05, 4.69) is 108 Å². The van der Waals surface area contributed by atoms with Crippen LogP contribution in [0.25, 0.3) is 60.5 Å². The Morgan fingerprint density at radius 1 is 0.743 bits per heavy atom. The number of rotatable bonds is 1. The Balaban J connectivity index is 1.71. The number of aromatic nitrogens is 2. The summed E-state index contributed by atoms with van der Waals surface area (Å²) in [7, 11) is 0. The van der Waals surface area contributed by atoms with Crippen LogP contribution in [0.15, 0.2) is 102 Å². The quantitative estimate of drug-likeness (QED) is 0.251. The van der Waals surface area contributed by atoms with Gasteiger partial charge in [-0.3, -0.25) is 0 Å². The van der Waals surface area contributed by atoms with Gasteiger partial charge < -0.3 is 8.98 Å². The maximum absolute atomic E-state index is 5.93. The molecule has 0 atom stereocenters. The maximum Gasteiger partial charge on any atom is 0.182 e. The predicted molar refractivity (Wildman–Crippen MR) is 143 cm³/mol. The van der Waals surface area contributed by atoms with Gasteiger partial charge in [-0.25, -0.2) is 4.98 Å². The third-order valence-corrected chi connectivity index (χ3v) is 7.90. The van der Waals surface area contributed by atoms with Crippen molar-refractivity contribution in [2.75, 3.05) is 0 Å². The average molecular weight is 451 g/mol. The Bertz CT molecular complexity index is 1990. The van der Waals surface area contributed by atoms with Crippen molar-refractivity contribution in [3.63, 3.8) is 0 Å². The molecule has 0 saturated heterocycles. The zero-order valence-electron chi connectivity index (χ0n) is 19.5. The molecule has 3 heteroatoms. The van der Waals surface area contributed by atoms with E-state index >= 15 is 0 Å². The number of fused-ring (bicyclic) bond motifs is 11. The van der Waals surface area contributed by atoms with Gasteiger partial charge in [0.2, 0.25) is 0 Å². The molecule has 7 aromatic rings. The molecule has 8 rings (SSSR count). The summed E-state index contributed by atoms with van der Waals surface area (Å²) in [6, 6.07) is 32.8. The first kappa shape index (κ1) is 19.0. The molecule has 0 bridgehead atoms. The Hall–Kier alpha value is -4.37. The standard InChI is InChI=1S/C32H22N2O/c1-32(2)23-14-7-5-12-21(23)27-28-22-13-6-8-16-25(22)34(26-17-9-15-24-31(26)35-18-33-24)30(28)20-11-4-3-10-19(20)29(27)32/h3-18H,1-2H3.